The van der Waals surface area contributed by atoms with Gasteiger partial charge in [-0.2, -0.15) is 5.10 Å². The molecule has 1 saturated heterocycles. The summed E-state index contributed by atoms with van der Waals surface area (Å²) in [5, 5.41) is 8.83. The lowest BCUT2D eigenvalue weighted by molar-refractivity contribution is 0.134. The van der Waals surface area contributed by atoms with E-state index < -0.39 is 0 Å². The molecule has 1 aliphatic heterocycles. The van der Waals surface area contributed by atoms with Crippen molar-refractivity contribution >= 4 is 11.6 Å². The molecular weight excluding hydrogens is 260 g/mol. The van der Waals surface area contributed by atoms with E-state index in [1.54, 1.807) is 0 Å². The quantitative estimate of drug-likeness (QED) is 0.834. The van der Waals surface area contributed by atoms with E-state index in [9.17, 15) is 0 Å². The minimum Gasteiger partial charge on any atom is -0.314 e. The molecule has 0 aromatic carbocycles. The fourth-order valence-corrected chi connectivity index (χ4v) is 2.90. The molecule has 0 aliphatic carbocycles. The maximum Gasteiger partial charge on any atom is 0.0863 e. The highest BCUT2D eigenvalue weighted by atomic mass is 35.5. The van der Waals surface area contributed by atoms with Crippen LogP contribution in [0.25, 0.3) is 0 Å². The summed E-state index contributed by atoms with van der Waals surface area (Å²) >= 11 is 6.49. The topological polar surface area (TPSA) is 33.1 Å². The summed E-state index contributed by atoms with van der Waals surface area (Å²) in [7, 11) is 0. The van der Waals surface area contributed by atoms with Crippen molar-refractivity contribution in [3.8, 4) is 0 Å². The molecule has 0 unspecified atom stereocenters. The molecule has 0 atom stereocenters. The summed E-state index contributed by atoms with van der Waals surface area (Å²) in [6, 6.07) is 0.654. The van der Waals surface area contributed by atoms with Crippen LogP contribution in [-0.4, -0.2) is 40.4 Å². The highest BCUT2D eigenvalue weighted by Crippen LogP contribution is 2.24. The number of nitrogens with one attached hydrogen (secondary N) is 1. The van der Waals surface area contributed by atoms with Crippen LogP contribution in [0.15, 0.2) is 0 Å². The Hall–Kier alpha value is -0.580. The average Bonchev–Trinajstić information content (AvgIpc) is 2.64. The minimum atomic E-state index is 0.654. The summed E-state index contributed by atoms with van der Waals surface area (Å²) < 4.78 is 2.07. The molecule has 108 valence electrons. The first-order valence-corrected chi connectivity index (χ1v) is 7.77. The molecule has 1 aliphatic rings. The van der Waals surface area contributed by atoms with E-state index >= 15 is 0 Å². The lowest BCUT2D eigenvalue weighted by Crippen LogP contribution is -2.57. The van der Waals surface area contributed by atoms with Crippen molar-refractivity contribution in [3.63, 3.8) is 0 Å². The third-order valence-electron chi connectivity index (χ3n) is 3.83. The van der Waals surface area contributed by atoms with Gasteiger partial charge in [-0.15, -0.1) is 0 Å². The van der Waals surface area contributed by atoms with E-state index in [0.717, 1.165) is 49.9 Å². The van der Waals surface area contributed by atoms with Gasteiger partial charge in [0.15, 0.2) is 0 Å². The molecule has 2 rings (SSSR count). The van der Waals surface area contributed by atoms with E-state index in [1.165, 1.54) is 12.1 Å². The first-order chi connectivity index (χ1) is 9.21. The number of aromatic nitrogens is 2. The first kappa shape index (κ1) is 14.8. The molecular formula is C14H25ClN4. The van der Waals surface area contributed by atoms with E-state index in [2.05, 4.69) is 40.8 Å². The summed E-state index contributed by atoms with van der Waals surface area (Å²) in [4.78, 5) is 2.53. The Morgan fingerprint density at radius 1 is 1.37 bits per heavy atom. The molecule has 0 bridgehead atoms. The number of hydrogen-bond donors (Lipinski definition) is 1. The Kier molecular flexibility index (Phi) is 5.25. The summed E-state index contributed by atoms with van der Waals surface area (Å²) in [5.41, 5.74) is 2.21. The predicted octanol–water partition coefficient (Wildman–Crippen LogP) is 2.30. The van der Waals surface area contributed by atoms with Crippen LogP contribution < -0.4 is 5.32 Å². The average molecular weight is 285 g/mol. The Morgan fingerprint density at radius 2 is 2.11 bits per heavy atom. The van der Waals surface area contributed by atoms with Crippen molar-refractivity contribution in [2.45, 2.75) is 52.7 Å². The van der Waals surface area contributed by atoms with Gasteiger partial charge in [0.1, 0.15) is 0 Å². The van der Waals surface area contributed by atoms with Crippen molar-refractivity contribution < 1.29 is 0 Å². The van der Waals surface area contributed by atoms with Gasteiger partial charge in [0.05, 0.1) is 16.4 Å². The maximum atomic E-state index is 6.49. The van der Waals surface area contributed by atoms with Gasteiger partial charge in [0.25, 0.3) is 0 Å². The number of aryl methyl sites for hydroxylation is 2. The van der Waals surface area contributed by atoms with E-state index in [0.29, 0.717) is 6.04 Å². The second kappa shape index (κ2) is 6.73. The third-order valence-corrected chi connectivity index (χ3v) is 4.27. The van der Waals surface area contributed by atoms with Crippen LogP contribution in [-0.2, 0) is 19.5 Å². The fraction of sp³-hybridized carbons (Fsp3) is 0.786. The molecule has 1 N–H and O–H groups in total. The van der Waals surface area contributed by atoms with Gasteiger partial charge in [-0.25, -0.2) is 0 Å². The zero-order valence-corrected chi connectivity index (χ0v) is 13.0. The molecule has 1 aromatic rings. The molecule has 0 amide bonds. The maximum absolute atomic E-state index is 6.49. The third kappa shape index (κ3) is 3.12. The van der Waals surface area contributed by atoms with Crippen LogP contribution in [0, 0.1) is 0 Å². The Labute approximate surface area is 121 Å². The van der Waals surface area contributed by atoms with Gasteiger partial charge in [-0.3, -0.25) is 9.58 Å². The van der Waals surface area contributed by atoms with E-state index in [-0.39, 0.29) is 0 Å². The van der Waals surface area contributed by atoms with Gasteiger partial charge in [-0.05, 0) is 26.3 Å². The zero-order chi connectivity index (χ0) is 13.8. The van der Waals surface area contributed by atoms with Crippen LogP contribution in [0.2, 0.25) is 5.02 Å². The van der Waals surface area contributed by atoms with Gasteiger partial charge < -0.3 is 5.32 Å². The monoisotopic (exact) mass is 284 g/mol. The van der Waals surface area contributed by atoms with Crippen LogP contribution in [0.1, 0.15) is 38.6 Å². The number of halogens is 1. The lowest BCUT2D eigenvalue weighted by Gasteiger charge is -2.38. The van der Waals surface area contributed by atoms with Crippen molar-refractivity contribution in [1.82, 2.24) is 20.0 Å². The Balaban J connectivity index is 2.17. The SMILES string of the molecule is CCCN(Cc1c(Cl)c(CC)nn1CC)C1CNC1. The summed E-state index contributed by atoms with van der Waals surface area (Å²) in [5.74, 6) is 0. The molecule has 1 aromatic heterocycles. The molecule has 0 radical (unpaired) electrons. The Morgan fingerprint density at radius 3 is 2.58 bits per heavy atom. The molecule has 1 fully saturated rings. The molecule has 19 heavy (non-hydrogen) atoms. The van der Waals surface area contributed by atoms with Crippen molar-refractivity contribution in [2.24, 2.45) is 0 Å². The second-order valence-electron chi connectivity index (χ2n) is 5.16. The molecule has 4 nitrogen and oxygen atoms in total. The number of nitrogens with zero attached hydrogens (tertiary/aromatic N) is 3. The van der Waals surface area contributed by atoms with Gasteiger partial charge in [0.2, 0.25) is 0 Å². The minimum absolute atomic E-state index is 0.654. The summed E-state index contributed by atoms with van der Waals surface area (Å²) in [6.45, 7) is 11.6. The van der Waals surface area contributed by atoms with Crippen LogP contribution in [0.5, 0.6) is 0 Å². The smallest absolute Gasteiger partial charge is 0.0863 e. The normalized spacial score (nSPS) is 16.1. The van der Waals surface area contributed by atoms with Crippen LogP contribution in [0.3, 0.4) is 0 Å². The number of hydrogen-bond acceptors (Lipinski definition) is 3. The number of rotatable bonds is 7. The van der Waals surface area contributed by atoms with Crippen LogP contribution in [0.4, 0.5) is 0 Å². The first-order valence-electron chi connectivity index (χ1n) is 7.40. The van der Waals surface area contributed by atoms with Crippen molar-refractivity contribution in [1.29, 1.82) is 0 Å². The fourth-order valence-electron chi connectivity index (χ4n) is 2.57. The highest BCUT2D eigenvalue weighted by molar-refractivity contribution is 6.31. The van der Waals surface area contributed by atoms with E-state index in [1.807, 2.05) is 0 Å². The highest BCUT2D eigenvalue weighted by Gasteiger charge is 2.26. The van der Waals surface area contributed by atoms with Crippen LogP contribution >= 0.6 is 11.6 Å². The molecule has 2 heterocycles. The molecule has 0 saturated carbocycles. The van der Waals surface area contributed by atoms with Gasteiger partial charge >= 0.3 is 0 Å². The van der Waals surface area contributed by atoms with Gasteiger partial charge in [-0.1, -0.05) is 25.4 Å². The summed E-state index contributed by atoms with van der Waals surface area (Å²) in [6.07, 6.45) is 2.08. The second-order valence-corrected chi connectivity index (χ2v) is 5.54. The zero-order valence-electron chi connectivity index (χ0n) is 12.2. The standard InChI is InChI=1S/C14H25ClN4/c1-4-7-18(11-8-16-9-11)10-13-14(15)12(5-2)17-19(13)6-3/h11,16H,4-10H2,1-3H3. The van der Waals surface area contributed by atoms with Crippen molar-refractivity contribution in [2.75, 3.05) is 19.6 Å². The molecule has 0 spiro atoms. The molecule has 5 heteroatoms. The van der Waals surface area contributed by atoms with E-state index in [4.69, 9.17) is 11.6 Å². The van der Waals surface area contributed by atoms with Gasteiger partial charge in [0, 0.05) is 32.2 Å². The lowest BCUT2D eigenvalue weighted by atomic mass is 10.1. The van der Waals surface area contributed by atoms with Crippen molar-refractivity contribution in [3.05, 3.63) is 16.4 Å². The Bertz CT molecular complexity index is 412. The predicted molar refractivity (Wildman–Crippen MR) is 79.6 cm³/mol. The largest absolute Gasteiger partial charge is 0.314 e.